The van der Waals surface area contributed by atoms with Crippen LogP contribution in [0.25, 0.3) is 0 Å². The Morgan fingerprint density at radius 3 is 1.80 bits per heavy atom. The summed E-state index contributed by atoms with van der Waals surface area (Å²) in [6.07, 6.45) is 13.6. The van der Waals surface area contributed by atoms with Crippen molar-refractivity contribution in [2.75, 3.05) is 26.7 Å². The number of carbonyl (C=O) groups excluding carboxylic acids is 1. The van der Waals surface area contributed by atoms with Crippen LogP contribution in [0.2, 0.25) is 0 Å². The fraction of sp³-hybridized carbons (Fsp3) is 0.938. The Morgan fingerprint density at radius 1 is 0.850 bits per heavy atom. The van der Waals surface area contributed by atoms with E-state index in [0.717, 1.165) is 19.6 Å². The Kier molecular flexibility index (Phi) is 12.7. The van der Waals surface area contributed by atoms with Crippen molar-refractivity contribution in [1.29, 1.82) is 0 Å². The summed E-state index contributed by atoms with van der Waals surface area (Å²) in [5, 5.41) is 0. The van der Waals surface area contributed by atoms with Crippen LogP contribution in [0.3, 0.4) is 0 Å². The fourth-order valence-electron chi connectivity index (χ4n) is 2.70. The van der Waals surface area contributed by atoms with Crippen LogP contribution in [-0.4, -0.2) is 42.5 Å². The number of urea groups is 1. The Hall–Kier alpha value is 0. The molecule has 0 N–H and O–H groups in total. The summed E-state index contributed by atoms with van der Waals surface area (Å²) >= 11 is 0. The van der Waals surface area contributed by atoms with Crippen LogP contribution in [-0.2, 0) is 0 Å². The molecule has 1 fully saturated rings. The van der Waals surface area contributed by atoms with Crippen molar-refractivity contribution in [2.24, 2.45) is 0 Å². The van der Waals surface area contributed by atoms with Gasteiger partial charge in [-0.25, -0.2) is 4.79 Å². The van der Waals surface area contributed by atoms with Gasteiger partial charge in [0.1, 0.15) is 0 Å². The normalized spacial score (nSPS) is 14.8. The minimum Gasteiger partial charge on any atom is -0.326 e. The maximum absolute atomic E-state index is 11.6. The lowest BCUT2D eigenvalue weighted by Gasteiger charge is -2.15. The van der Waals surface area contributed by atoms with Gasteiger partial charge >= 0.3 is 6.03 Å². The first-order valence-corrected chi connectivity index (χ1v) is 8.25. The monoisotopic (exact) mass is 396 g/mol. The molecule has 1 aliphatic heterocycles. The zero-order valence-electron chi connectivity index (χ0n) is 13.4. The summed E-state index contributed by atoms with van der Waals surface area (Å²) in [4.78, 5) is 15.5. The second-order valence-corrected chi connectivity index (χ2v) is 5.87. The number of likely N-dealkylation sites (N-methyl/N-ethyl adjacent to an activating group) is 1. The predicted molar refractivity (Wildman–Crippen MR) is 96.9 cm³/mol. The quantitative estimate of drug-likeness (QED) is 0.360. The Labute approximate surface area is 142 Å². The topological polar surface area (TPSA) is 23.6 Å². The largest absolute Gasteiger partial charge is 0.326 e. The molecule has 2 amide bonds. The van der Waals surface area contributed by atoms with E-state index in [1.54, 1.807) is 0 Å². The van der Waals surface area contributed by atoms with Gasteiger partial charge in [0.2, 0.25) is 0 Å². The number of halogens is 1. The maximum atomic E-state index is 11.6. The molecule has 1 saturated heterocycles. The molecule has 0 saturated carbocycles. The number of rotatable bonds is 11. The van der Waals surface area contributed by atoms with Crippen LogP contribution in [0.1, 0.15) is 71.1 Å². The van der Waals surface area contributed by atoms with Crippen LogP contribution in [0, 0.1) is 0 Å². The zero-order valence-corrected chi connectivity index (χ0v) is 15.7. The Morgan fingerprint density at radius 2 is 1.35 bits per heavy atom. The highest BCUT2D eigenvalue weighted by atomic mass is 127. The van der Waals surface area contributed by atoms with Crippen molar-refractivity contribution in [1.82, 2.24) is 9.80 Å². The zero-order chi connectivity index (χ0) is 13.9. The van der Waals surface area contributed by atoms with E-state index in [1.807, 2.05) is 16.8 Å². The highest BCUT2D eigenvalue weighted by Crippen LogP contribution is 2.12. The van der Waals surface area contributed by atoms with Crippen molar-refractivity contribution < 1.29 is 4.79 Å². The van der Waals surface area contributed by atoms with Crippen LogP contribution >= 0.6 is 24.0 Å². The van der Waals surface area contributed by atoms with Crippen molar-refractivity contribution in [3.05, 3.63) is 0 Å². The summed E-state index contributed by atoms with van der Waals surface area (Å²) in [6, 6.07) is 0.218. The maximum Gasteiger partial charge on any atom is 0.319 e. The van der Waals surface area contributed by atoms with Crippen LogP contribution in [0.4, 0.5) is 4.79 Å². The summed E-state index contributed by atoms with van der Waals surface area (Å²) in [5.74, 6) is 0. The molecule has 0 radical (unpaired) electrons. The minimum absolute atomic E-state index is 0. The van der Waals surface area contributed by atoms with Gasteiger partial charge in [0.25, 0.3) is 0 Å². The minimum atomic E-state index is 0. The van der Waals surface area contributed by atoms with E-state index >= 15 is 0 Å². The Bertz CT molecular complexity index is 249. The molecule has 0 aromatic carbocycles. The molecule has 0 aliphatic carbocycles. The molecule has 4 heteroatoms. The summed E-state index contributed by atoms with van der Waals surface area (Å²) in [7, 11) is 1.89. The number of amides is 2. The van der Waals surface area contributed by atoms with Gasteiger partial charge in [0, 0.05) is 26.7 Å². The molecular formula is C16H33IN2O. The number of nitrogens with zero attached hydrogens (tertiary/aromatic N) is 2. The molecule has 3 nitrogen and oxygen atoms in total. The third-order valence-corrected chi connectivity index (χ3v) is 4.08. The fourth-order valence-corrected chi connectivity index (χ4v) is 2.70. The summed E-state index contributed by atoms with van der Waals surface area (Å²) in [6.45, 7) is 5.05. The third-order valence-electron chi connectivity index (χ3n) is 4.08. The molecule has 1 rings (SSSR count). The van der Waals surface area contributed by atoms with Crippen LogP contribution in [0.5, 0.6) is 0 Å². The van der Waals surface area contributed by atoms with Crippen molar-refractivity contribution in [2.45, 2.75) is 71.1 Å². The van der Waals surface area contributed by atoms with E-state index in [4.69, 9.17) is 0 Å². The molecule has 120 valence electrons. The molecule has 0 unspecified atom stereocenters. The summed E-state index contributed by atoms with van der Waals surface area (Å²) < 4.78 is 0. The number of hydrogen-bond acceptors (Lipinski definition) is 1. The van der Waals surface area contributed by atoms with E-state index in [0.29, 0.717) is 0 Å². The van der Waals surface area contributed by atoms with E-state index in [-0.39, 0.29) is 30.0 Å². The number of hydrogen-bond donors (Lipinski definition) is 0. The van der Waals surface area contributed by atoms with Crippen molar-refractivity contribution >= 4 is 30.0 Å². The summed E-state index contributed by atoms with van der Waals surface area (Å²) in [5.41, 5.74) is 0. The average Bonchev–Trinajstić information content (AvgIpc) is 2.73. The van der Waals surface area contributed by atoms with Gasteiger partial charge in [0.05, 0.1) is 0 Å². The molecule has 0 spiro atoms. The van der Waals surface area contributed by atoms with Gasteiger partial charge in [-0.1, -0.05) is 64.7 Å². The first-order valence-electron chi connectivity index (χ1n) is 8.25. The molecule has 0 aromatic rings. The molecular weight excluding hydrogens is 363 g/mol. The van der Waals surface area contributed by atoms with Crippen molar-refractivity contribution in [3.63, 3.8) is 0 Å². The molecule has 1 heterocycles. The highest BCUT2D eigenvalue weighted by molar-refractivity contribution is 14.0. The van der Waals surface area contributed by atoms with Crippen LogP contribution in [0.15, 0.2) is 0 Å². The highest BCUT2D eigenvalue weighted by Gasteiger charge is 2.23. The first kappa shape index (κ1) is 20.0. The van der Waals surface area contributed by atoms with Gasteiger partial charge in [-0.3, -0.25) is 0 Å². The molecule has 20 heavy (non-hydrogen) atoms. The first-order chi connectivity index (χ1) is 9.25. The number of carbonyl (C=O) groups is 1. The smallest absolute Gasteiger partial charge is 0.319 e. The van der Waals surface area contributed by atoms with E-state index < -0.39 is 0 Å². The van der Waals surface area contributed by atoms with Gasteiger partial charge < -0.3 is 9.80 Å². The third kappa shape index (κ3) is 8.32. The lowest BCUT2D eigenvalue weighted by atomic mass is 10.1. The Balaban J connectivity index is 0.00000361. The van der Waals surface area contributed by atoms with Crippen molar-refractivity contribution in [3.8, 4) is 0 Å². The van der Waals surface area contributed by atoms with E-state index in [2.05, 4.69) is 6.92 Å². The van der Waals surface area contributed by atoms with Gasteiger partial charge in [-0.2, -0.15) is 0 Å². The van der Waals surface area contributed by atoms with E-state index in [9.17, 15) is 4.79 Å². The van der Waals surface area contributed by atoms with Gasteiger partial charge in [-0.05, 0) is 6.42 Å². The lowest BCUT2D eigenvalue weighted by molar-refractivity contribution is 0.198. The molecule has 1 aliphatic rings. The van der Waals surface area contributed by atoms with Gasteiger partial charge in [0.15, 0.2) is 0 Å². The second-order valence-electron chi connectivity index (χ2n) is 5.87. The average molecular weight is 396 g/mol. The standard InChI is InChI=1S/C16H32N2O.HI/c1-3-4-5-6-7-8-9-10-11-12-13-18-15-14-17(2)16(18)19;/h3-15H2,1-2H3;1H. The molecule has 0 atom stereocenters. The van der Waals surface area contributed by atoms with Crippen LogP contribution < -0.4 is 0 Å². The lowest BCUT2D eigenvalue weighted by Crippen LogP contribution is -2.30. The number of unbranched alkanes of at least 4 members (excludes halogenated alkanes) is 9. The SMILES string of the molecule is CCCCCCCCCCCCN1CCN(C)C1=O.I. The molecule has 0 aromatic heterocycles. The second kappa shape index (κ2) is 12.7. The van der Waals surface area contributed by atoms with Gasteiger partial charge in [-0.15, -0.1) is 24.0 Å². The molecule has 0 bridgehead atoms. The predicted octanol–water partition coefficient (Wildman–Crippen LogP) is 4.89. The van der Waals surface area contributed by atoms with E-state index in [1.165, 1.54) is 64.2 Å².